The number of carbonyl (C=O) groups is 2. The summed E-state index contributed by atoms with van der Waals surface area (Å²) in [5.74, 6) is -1.53. The van der Waals surface area contributed by atoms with Gasteiger partial charge in [0.2, 0.25) is 5.91 Å². The van der Waals surface area contributed by atoms with Crippen LogP contribution in [0.25, 0.3) is 0 Å². The van der Waals surface area contributed by atoms with E-state index in [9.17, 15) is 9.59 Å². The summed E-state index contributed by atoms with van der Waals surface area (Å²) in [6.07, 6.45) is 1.82. The predicted molar refractivity (Wildman–Crippen MR) is 59.5 cm³/mol. The number of hydrogen-bond donors (Lipinski definition) is 2. The summed E-state index contributed by atoms with van der Waals surface area (Å²) >= 11 is 0. The Labute approximate surface area is 99.9 Å². The summed E-state index contributed by atoms with van der Waals surface area (Å²) in [4.78, 5) is 24.7. The van der Waals surface area contributed by atoms with Gasteiger partial charge in [-0.1, -0.05) is 0 Å². The first kappa shape index (κ1) is 12.3. The maximum Gasteiger partial charge on any atom is 0.311 e. The van der Waals surface area contributed by atoms with E-state index in [1.165, 1.54) is 4.90 Å². The molecule has 2 fully saturated rings. The van der Waals surface area contributed by atoms with Crippen LogP contribution in [-0.2, 0) is 14.3 Å². The number of nitrogens with zero attached hydrogens (tertiary/aromatic N) is 1. The van der Waals surface area contributed by atoms with Gasteiger partial charge >= 0.3 is 5.97 Å². The van der Waals surface area contributed by atoms with Gasteiger partial charge in [-0.3, -0.25) is 9.59 Å². The first-order valence-corrected chi connectivity index (χ1v) is 5.92. The van der Waals surface area contributed by atoms with Gasteiger partial charge in [0.1, 0.15) is 5.92 Å². The zero-order valence-corrected chi connectivity index (χ0v) is 9.89. The molecule has 0 radical (unpaired) electrons. The molecule has 2 heterocycles. The Hall–Kier alpha value is -1.14. The summed E-state index contributed by atoms with van der Waals surface area (Å²) < 4.78 is 5.17. The zero-order valence-electron chi connectivity index (χ0n) is 9.89. The fraction of sp³-hybridized carbons (Fsp3) is 0.818. The molecule has 0 aromatic carbocycles. The normalized spacial score (nSPS) is 32.6. The minimum atomic E-state index is -0.897. The number of nitrogens with one attached hydrogen (secondary N) is 1. The molecule has 0 aromatic rings. The Morgan fingerprint density at radius 1 is 1.41 bits per heavy atom. The molecule has 0 aromatic heterocycles. The third kappa shape index (κ3) is 2.42. The van der Waals surface area contributed by atoms with E-state index in [1.807, 2.05) is 0 Å². The van der Waals surface area contributed by atoms with Gasteiger partial charge in [0, 0.05) is 7.05 Å². The molecule has 0 aliphatic carbocycles. The van der Waals surface area contributed by atoms with Gasteiger partial charge in [-0.15, -0.1) is 0 Å². The van der Waals surface area contributed by atoms with Crippen molar-refractivity contribution in [3.63, 3.8) is 0 Å². The average Bonchev–Trinajstić information content (AvgIpc) is 2.97. The molecule has 17 heavy (non-hydrogen) atoms. The number of amides is 1. The van der Waals surface area contributed by atoms with Gasteiger partial charge in [0.05, 0.1) is 25.3 Å². The summed E-state index contributed by atoms with van der Waals surface area (Å²) in [6, 6.07) is -0.502. The van der Waals surface area contributed by atoms with E-state index >= 15 is 0 Å². The molecule has 0 spiro atoms. The van der Waals surface area contributed by atoms with Gasteiger partial charge in [-0.25, -0.2) is 0 Å². The van der Waals surface area contributed by atoms with Crippen LogP contribution in [0.4, 0.5) is 0 Å². The lowest BCUT2D eigenvalue weighted by Gasteiger charge is -2.28. The molecule has 96 valence electrons. The molecule has 0 saturated carbocycles. The quantitative estimate of drug-likeness (QED) is 0.684. The summed E-state index contributed by atoms with van der Waals surface area (Å²) in [7, 11) is 1.66. The molecule has 1 amide bonds. The summed E-state index contributed by atoms with van der Waals surface area (Å²) in [6.45, 7) is 1.36. The molecule has 2 N–H and O–H groups in total. The maximum absolute atomic E-state index is 12.1. The van der Waals surface area contributed by atoms with Crippen LogP contribution < -0.4 is 5.32 Å². The SMILES string of the molecule is CN(C(=O)[C@@H]1CCCN1)C1COCC1C(=O)O. The molecule has 2 saturated heterocycles. The van der Waals surface area contributed by atoms with Gasteiger partial charge in [0.25, 0.3) is 0 Å². The molecule has 2 aliphatic heterocycles. The molecule has 6 heteroatoms. The van der Waals surface area contributed by atoms with Crippen molar-refractivity contribution < 1.29 is 19.4 Å². The first-order chi connectivity index (χ1) is 8.11. The number of ether oxygens (including phenoxy) is 1. The molecule has 2 unspecified atom stereocenters. The highest BCUT2D eigenvalue weighted by Crippen LogP contribution is 2.20. The van der Waals surface area contributed by atoms with Gasteiger partial charge in [-0.2, -0.15) is 0 Å². The minimum Gasteiger partial charge on any atom is -0.481 e. The Kier molecular flexibility index (Phi) is 3.63. The fourth-order valence-electron chi connectivity index (χ4n) is 2.47. The largest absolute Gasteiger partial charge is 0.481 e. The lowest BCUT2D eigenvalue weighted by Crippen LogP contribution is -2.50. The smallest absolute Gasteiger partial charge is 0.311 e. The number of carbonyl (C=O) groups excluding carboxylic acids is 1. The third-order valence-electron chi connectivity index (χ3n) is 3.57. The number of carboxylic acids is 1. The molecule has 0 bridgehead atoms. The number of hydrogen-bond acceptors (Lipinski definition) is 4. The molecule has 2 rings (SSSR count). The van der Waals surface area contributed by atoms with Gasteiger partial charge in [-0.05, 0) is 19.4 Å². The van der Waals surface area contributed by atoms with E-state index in [4.69, 9.17) is 9.84 Å². The topological polar surface area (TPSA) is 78.9 Å². The summed E-state index contributed by atoms with van der Waals surface area (Å²) in [5, 5.41) is 12.2. The van der Waals surface area contributed by atoms with Crippen molar-refractivity contribution in [2.75, 3.05) is 26.8 Å². The van der Waals surface area contributed by atoms with Crippen LogP contribution in [0.3, 0.4) is 0 Å². The van der Waals surface area contributed by atoms with Crippen molar-refractivity contribution in [3.8, 4) is 0 Å². The van der Waals surface area contributed by atoms with Crippen molar-refractivity contribution in [2.45, 2.75) is 24.9 Å². The second-order valence-electron chi connectivity index (χ2n) is 4.65. The monoisotopic (exact) mass is 242 g/mol. The van der Waals surface area contributed by atoms with Crippen molar-refractivity contribution >= 4 is 11.9 Å². The van der Waals surface area contributed by atoms with E-state index in [0.717, 1.165) is 19.4 Å². The standard InChI is InChI=1S/C11H18N2O4/c1-13(10(14)8-3-2-4-12-8)9-6-17-5-7(9)11(15)16/h7-9,12H,2-6H2,1H3,(H,15,16)/t7?,8-,9?/m0/s1. The second kappa shape index (κ2) is 5.01. The van der Waals surface area contributed by atoms with Gasteiger partial charge in [0.15, 0.2) is 0 Å². The molecule has 2 aliphatic rings. The first-order valence-electron chi connectivity index (χ1n) is 5.92. The Bertz CT molecular complexity index is 315. The van der Waals surface area contributed by atoms with Crippen LogP contribution in [0.5, 0.6) is 0 Å². The number of rotatable bonds is 3. The maximum atomic E-state index is 12.1. The Morgan fingerprint density at radius 3 is 2.76 bits per heavy atom. The van der Waals surface area contributed by atoms with Crippen molar-refractivity contribution in [1.82, 2.24) is 10.2 Å². The third-order valence-corrected chi connectivity index (χ3v) is 3.57. The molecular formula is C11H18N2O4. The van der Waals surface area contributed by atoms with Crippen molar-refractivity contribution in [3.05, 3.63) is 0 Å². The average molecular weight is 242 g/mol. The fourth-order valence-corrected chi connectivity index (χ4v) is 2.47. The molecule has 3 atom stereocenters. The van der Waals surface area contributed by atoms with Gasteiger partial charge < -0.3 is 20.1 Å². The zero-order chi connectivity index (χ0) is 12.4. The molecular weight excluding hydrogens is 224 g/mol. The van der Waals surface area contributed by atoms with E-state index < -0.39 is 11.9 Å². The van der Waals surface area contributed by atoms with E-state index in [2.05, 4.69) is 5.32 Å². The van der Waals surface area contributed by atoms with Crippen molar-refractivity contribution in [2.24, 2.45) is 5.92 Å². The lowest BCUT2D eigenvalue weighted by molar-refractivity contribution is -0.144. The van der Waals surface area contributed by atoms with E-state index in [0.29, 0.717) is 6.61 Å². The minimum absolute atomic E-state index is 0.0238. The highest BCUT2D eigenvalue weighted by Gasteiger charge is 2.40. The lowest BCUT2D eigenvalue weighted by atomic mass is 10.0. The number of carboxylic acid groups (broad SMARTS) is 1. The van der Waals surface area contributed by atoms with E-state index in [1.54, 1.807) is 7.05 Å². The van der Waals surface area contributed by atoms with Crippen LogP contribution >= 0.6 is 0 Å². The Balaban J connectivity index is 2.00. The van der Waals surface area contributed by atoms with E-state index in [-0.39, 0.29) is 24.6 Å². The highest BCUT2D eigenvalue weighted by atomic mass is 16.5. The van der Waals surface area contributed by atoms with Crippen LogP contribution in [0.2, 0.25) is 0 Å². The highest BCUT2D eigenvalue weighted by molar-refractivity contribution is 5.83. The number of likely N-dealkylation sites (N-methyl/N-ethyl adjacent to an activating group) is 1. The second-order valence-corrected chi connectivity index (χ2v) is 4.65. The summed E-state index contributed by atoms with van der Waals surface area (Å²) in [5.41, 5.74) is 0. The van der Waals surface area contributed by atoms with Crippen LogP contribution in [0.15, 0.2) is 0 Å². The van der Waals surface area contributed by atoms with Crippen LogP contribution in [0, 0.1) is 5.92 Å². The van der Waals surface area contributed by atoms with Crippen LogP contribution in [-0.4, -0.2) is 60.8 Å². The van der Waals surface area contributed by atoms with Crippen molar-refractivity contribution in [1.29, 1.82) is 0 Å². The number of aliphatic carboxylic acids is 1. The Morgan fingerprint density at radius 2 is 2.18 bits per heavy atom. The van der Waals surface area contributed by atoms with Crippen LogP contribution in [0.1, 0.15) is 12.8 Å². The predicted octanol–water partition coefficient (Wildman–Crippen LogP) is -0.704. The molecule has 6 nitrogen and oxygen atoms in total.